The smallest absolute Gasteiger partial charge is 0.0728 e. The molecule has 0 saturated heterocycles. The van der Waals surface area contributed by atoms with Crippen molar-refractivity contribution >= 4 is 11.3 Å². The van der Waals surface area contributed by atoms with Crippen molar-refractivity contribution in [2.75, 3.05) is 26.4 Å². The molecule has 4 heteroatoms. The van der Waals surface area contributed by atoms with Gasteiger partial charge in [-0.3, -0.25) is 0 Å². The van der Waals surface area contributed by atoms with Gasteiger partial charge in [-0.2, -0.15) is 0 Å². The van der Waals surface area contributed by atoms with Crippen LogP contribution in [0.1, 0.15) is 48.4 Å². The molecule has 1 rings (SSSR count). The highest BCUT2D eigenvalue weighted by Gasteiger charge is 2.05. The molecule has 0 radical (unpaired) electrons. The number of nitrogens with one attached hydrogen (secondary N) is 1. The van der Waals surface area contributed by atoms with Crippen molar-refractivity contribution < 1.29 is 9.47 Å². The maximum absolute atomic E-state index is 5.68. The van der Waals surface area contributed by atoms with Gasteiger partial charge in [0.25, 0.3) is 0 Å². The summed E-state index contributed by atoms with van der Waals surface area (Å²) in [4.78, 5) is 2.76. The van der Waals surface area contributed by atoms with Gasteiger partial charge >= 0.3 is 0 Å². The normalized spacial score (nSPS) is 11.2. The maximum Gasteiger partial charge on any atom is 0.0728 e. The molecule has 0 aliphatic rings. The third kappa shape index (κ3) is 7.39. The fourth-order valence-corrected chi connectivity index (χ4v) is 2.87. The maximum atomic E-state index is 5.68. The Hall–Kier alpha value is -0.420. The summed E-state index contributed by atoms with van der Waals surface area (Å²) in [5, 5.41) is 3.44. The Balaban J connectivity index is 2.16. The lowest BCUT2D eigenvalue weighted by Crippen LogP contribution is -2.12. The Morgan fingerprint density at radius 3 is 2.65 bits per heavy atom. The summed E-state index contributed by atoms with van der Waals surface area (Å²) < 4.78 is 11.2. The van der Waals surface area contributed by atoms with Crippen LogP contribution in [0.15, 0.2) is 6.07 Å². The van der Waals surface area contributed by atoms with E-state index in [0.29, 0.717) is 19.8 Å². The number of rotatable bonds is 12. The molecule has 1 aromatic heterocycles. The zero-order valence-electron chi connectivity index (χ0n) is 13.2. The van der Waals surface area contributed by atoms with E-state index in [4.69, 9.17) is 9.47 Å². The minimum absolute atomic E-state index is 0.683. The van der Waals surface area contributed by atoms with Gasteiger partial charge in [-0.25, -0.2) is 0 Å². The molecule has 0 aromatic carbocycles. The first-order valence-electron chi connectivity index (χ1n) is 7.72. The molecule has 116 valence electrons. The van der Waals surface area contributed by atoms with E-state index in [-0.39, 0.29) is 0 Å². The zero-order chi connectivity index (χ0) is 14.6. The minimum Gasteiger partial charge on any atom is -0.379 e. The number of unbranched alkanes of at least 4 members (excludes halogenated alkanes) is 1. The van der Waals surface area contributed by atoms with E-state index in [0.717, 1.165) is 26.1 Å². The Labute approximate surface area is 127 Å². The second-order valence-corrected chi connectivity index (χ2v) is 6.33. The summed E-state index contributed by atoms with van der Waals surface area (Å²) in [6, 6.07) is 2.26. The monoisotopic (exact) mass is 299 g/mol. The molecule has 1 N–H and O–H groups in total. The van der Waals surface area contributed by atoms with Crippen LogP contribution in [0.4, 0.5) is 0 Å². The second-order valence-electron chi connectivity index (χ2n) is 4.99. The van der Waals surface area contributed by atoms with Crippen molar-refractivity contribution in [1.82, 2.24) is 5.32 Å². The van der Waals surface area contributed by atoms with Gasteiger partial charge in [0, 0.05) is 22.9 Å². The van der Waals surface area contributed by atoms with Gasteiger partial charge in [-0.15, -0.1) is 11.3 Å². The highest BCUT2D eigenvalue weighted by molar-refractivity contribution is 7.12. The van der Waals surface area contributed by atoms with E-state index in [1.165, 1.54) is 28.2 Å². The van der Waals surface area contributed by atoms with Crippen LogP contribution in [0.3, 0.4) is 0 Å². The summed E-state index contributed by atoms with van der Waals surface area (Å²) >= 11 is 1.87. The van der Waals surface area contributed by atoms with Crippen LogP contribution in [-0.2, 0) is 22.6 Å². The second kappa shape index (κ2) is 11.3. The first kappa shape index (κ1) is 17.6. The van der Waals surface area contributed by atoms with E-state index in [1.807, 2.05) is 11.3 Å². The molecule has 0 fully saturated rings. The fourth-order valence-electron chi connectivity index (χ4n) is 1.85. The molecule has 0 saturated carbocycles. The summed E-state index contributed by atoms with van der Waals surface area (Å²) in [6.45, 7) is 11.5. The van der Waals surface area contributed by atoms with Gasteiger partial charge < -0.3 is 14.8 Å². The van der Waals surface area contributed by atoms with E-state index in [1.54, 1.807) is 0 Å². The lowest BCUT2D eigenvalue weighted by atomic mass is 10.2. The molecule has 0 atom stereocenters. The molecule has 0 aliphatic heterocycles. The van der Waals surface area contributed by atoms with E-state index < -0.39 is 0 Å². The molecule has 0 unspecified atom stereocenters. The van der Waals surface area contributed by atoms with Crippen LogP contribution in [0.5, 0.6) is 0 Å². The van der Waals surface area contributed by atoms with Gasteiger partial charge in [0.2, 0.25) is 0 Å². The van der Waals surface area contributed by atoms with Gasteiger partial charge in [0.05, 0.1) is 19.8 Å². The molecule has 0 aliphatic carbocycles. The summed E-state index contributed by atoms with van der Waals surface area (Å²) in [7, 11) is 0. The van der Waals surface area contributed by atoms with Crippen LogP contribution >= 0.6 is 11.3 Å². The van der Waals surface area contributed by atoms with Crippen molar-refractivity contribution in [3.8, 4) is 0 Å². The average Bonchev–Trinajstić information content (AvgIpc) is 2.79. The highest BCUT2D eigenvalue weighted by atomic mass is 32.1. The zero-order valence-corrected chi connectivity index (χ0v) is 14.0. The van der Waals surface area contributed by atoms with Crippen molar-refractivity contribution in [3.05, 3.63) is 21.4 Å². The minimum atomic E-state index is 0.683. The first-order chi connectivity index (χ1) is 9.77. The number of hydrogen-bond acceptors (Lipinski definition) is 4. The van der Waals surface area contributed by atoms with Crippen molar-refractivity contribution in [1.29, 1.82) is 0 Å². The third-order valence-electron chi connectivity index (χ3n) is 3.07. The van der Waals surface area contributed by atoms with Gasteiger partial charge in [-0.05, 0) is 37.9 Å². The lowest BCUT2D eigenvalue weighted by Gasteiger charge is -2.05. The molecule has 3 nitrogen and oxygen atoms in total. The van der Waals surface area contributed by atoms with E-state index in [2.05, 4.69) is 32.2 Å². The largest absolute Gasteiger partial charge is 0.379 e. The topological polar surface area (TPSA) is 30.5 Å². The first-order valence-corrected chi connectivity index (χ1v) is 8.54. The van der Waals surface area contributed by atoms with E-state index in [9.17, 15) is 0 Å². The van der Waals surface area contributed by atoms with Crippen molar-refractivity contribution in [3.63, 3.8) is 0 Å². The Morgan fingerprint density at radius 2 is 1.90 bits per heavy atom. The molecular formula is C16H29NO2S. The molecule has 20 heavy (non-hydrogen) atoms. The SMILES string of the molecule is CCCCOCCOCc1cc(CNCCC)sc1C. The average molecular weight is 299 g/mol. The van der Waals surface area contributed by atoms with Crippen molar-refractivity contribution in [2.24, 2.45) is 0 Å². The molecular weight excluding hydrogens is 270 g/mol. The van der Waals surface area contributed by atoms with Gasteiger partial charge in [0.15, 0.2) is 0 Å². The Kier molecular flexibility index (Phi) is 9.93. The van der Waals surface area contributed by atoms with Crippen molar-refractivity contribution in [2.45, 2.75) is 53.2 Å². The van der Waals surface area contributed by atoms with Crippen LogP contribution < -0.4 is 5.32 Å². The number of hydrogen-bond donors (Lipinski definition) is 1. The molecule has 1 heterocycles. The summed E-state index contributed by atoms with van der Waals surface area (Å²) in [5.41, 5.74) is 1.32. The molecule has 0 bridgehead atoms. The fraction of sp³-hybridized carbons (Fsp3) is 0.750. The lowest BCUT2D eigenvalue weighted by molar-refractivity contribution is 0.0396. The van der Waals surface area contributed by atoms with Crippen LogP contribution in [0.2, 0.25) is 0 Å². The highest BCUT2D eigenvalue weighted by Crippen LogP contribution is 2.22. The van der Waals surface area contributed by atoms with Gasteiger partial charge in [-0.1, -0.05) is 20.3 Å². The van der Waals surface area contributed by atoms with Crippen LogP contribution in [0.25, 0.3) is 0 Å². The molecule has 1 aromatic rings. The number of ether oxygens (including phenoxy) is 2. The predicted octanol–water partition coefficient (Wildman–Crippen LogP) is 3.89. The summed E-state index contributed by atoms with van der Waals surface area (Å²) in [6.07, 6.45) is 3.50. The predicted molar refractivity (Wildman–Crippen MR) is 86.4 cm³/mol. The third-order valence-corrected chi connectivity index (χ3v) is 4.16. The van der Waals surface area contributed by atoms with Crippen LogP contribution in [0, 0.1) is 6.92 Å². The molecule has 0 amide bonds. The Bertz CT molecular complexity index is 352. The van der Waals surface area contributed by atoms with Crippen LogP contribution in [-0.4, -0.2) is 26.4 Å². The standard InChI is InChI=1S/C16H29NO2S/c1-4-6-8-18-9-10-19-13-15-11-16(20-14(15)3)12-17-7-5-2/h11,17H,4-10,12-13H2,1-3H3. The van der Waals surface area contributed by atoms with Gasteiger partial charge in [0.1, 0.15) is 0 Å². The molecule has 0 spiro atoms. The Morgan fingerprint density at radius 1 is 1.10 bits per heavy atom. The number of aryl methyl sites for hydroxylation is 1. The quantitative estimate of drug-likeness (QED) is 0.594. The summed E-state index contributed by atoms with van der Waals surface area (Å²) in [5.74, 6) is 0. The van der Waals surface area contributed by atoms with E-state index >= 15 is 0 Å². The number of thiophene rings is 1.